The largest absolute Gasteiger partial charge is 0.444 e. The molecule has 6 nitrogen and oxygen atoms in total. The van der Waals surface area contributed by atoms with Crippen LogP contribution in [0.4, 0.5) is 4.79 Å². The van der Waals surface area contributed by atoms with Crippen LogP contribution in [0.3, 0.4) is 0 Å². The van der Waals surface area contributed by atoms with Gasteiger partial charge in [-0.1, -0.05) is 30.3 Å². The summed E-state index contributed by atoms with van der Waals surface area (Å²) in [6.07, 6.45) is 0.805. The van der Waals surface area contributed by atoms with Crippen LogP contribution >= 0.6 is 0 Å². The van der Waals surface area contributed by atoms with E-state index >= 15 is 0 Å². The molecule has 2 rings (SSSR count). The Morgan fingerprint density at radius 3 is 2.33 bits per heavy atom. The van der Waals surface area contributed by atoms with Crippen molar-refractivity contribution in [3.8, 4) is 0 Å². The minimum atomic E-state index is -0.623. The number of hydrogen-bond acceptors (Lipinski definition) is 4. The topological polar surface area (TPSA) is 59.1 Å². The Labute approximate surface area is 143 Å². The Morgan fingerprint density at radius 2 is 1.79 bits per heavy atom. The van der Waals surface area contributed by atoms with Gasteiger partial charge in [0.15, 0.2) is 0 Å². The van der Waals surface area contributed by atoms with E-state index in [2.05, 4.69) is 0 Å². The molecule has 1 saturated heterocycles. The lowest BCUT2D eigenvalue weighted by Gasteiger charge is -2.33. The van der Waals surface area contributed by atoms with Crippen molar-refractivity contribution in [3.63, 3.8) is 0 Å². The molecule has 6 heteroatoms. The first-order valence-corrected chi connectivity index (χ1v) is 8.12. The van der Waals surface area contributed by atoms with E-state index in [0.717, 1.165) is 10.6 Å². The fourth-order valence-electron chi connectivity index (χ4n) is 2.92. The predicted molar refractivity (Wildman–Crippen MR) is 90.1 cm³/mol. The van der Waals surface area contributed by atoms with E-state index < -0.39 is 17.7 Å². The van der Waals surface area contributed by atoms with Crippen molar-refractivity contribution in [2.24, 2.45) is 0 Å². The summed E-state index contributed by atoms with van der Waals surface area (Å²) in [7, 11) is 2.98. The third-order valence-corrected chi connectivity index (χ3v) is 4.04. The zero-order chi connectivity index (χ0) is 17.9. The van der Waals surface area contributed by atoms with Crippen LogP contribution in [-0.4, -0.2) is 47.8 Å². The van der Waals surface area contributed by atoms with Gasteiger partial charge in [0, 0.05) is 7.05 Å². The maximum atomic E-state index is 12.8. The molecule has 0 N–H and O–H groups in total. The first kappa shape index (κ1) is 18.3. The number of amides is 2. The van der Waals surface area contributed by atoms with Crippen molar-refractivity contribution in [1.82, 2.24) is 9.96 Å². The highest BCUT2D eigenvalue weighted by atomic mass is 16.7. The summed E-state index contributed by atoms with van der Waals surface area (Å²) in [6, 6.07) is 8.95. The van der Waals surface area contributed by atoms with Gasteiger partial charge in [0.2, 0.25) is 0 Å². The minimum Gasteiger partial charge on any atom is -0.444 e. The summed E-state index contributed by atoms with van der Waals surface area (Å²) in [5.41, 5.74) is 0.375. The lowest BCUT2D eigenvalue weighted by Crippen LogP contribution is -2.48. The van der Waals surface area contributed by atoms with E-state index in [1.807, 2.05) is 51.1 Å². The second-order valence-electron chi connectivity index (χ2n) is 6.93. The Balaban J connectivity index is 2.32. The van der Waals surface area contributed by atoms with Gasteiger partial charge in [0.1, 0.15) is 11.6 Å². The molecule has 132 valence electrons. The smallest absolute Gasteiger partial charge is 0.411 e. The molecule has 1 heterocycles. The quantitative estimate of drug-likeness (QED) is 0.797. The molecular formula is C18H26N2O4. The molecule has 0 spiro atoms. The first-order valence-electron chi connectivity index (χ1n) is 8.12. The van der Waals surface area contributed by atoms with E-state index in [1.165, 1.54) is 7.11 Å². The van der Waals surface area contributed by atoms with E-state index in [9.17, 15) is 9.59 Å². The maximum Gasteiger partial charge on any atom is 0.411 e. The van der Waals surface area contributed by atoms with E-state index in [1.54, 1.807) is 11.9 Å². The number of benzene rings is 1. The Kier molecular flexibility index (Phi) is 5.49. The van der Waals surface area contributed by atoms with Gasteiger partial charge in [0.25, 0.3) is 5.91 Å². The van der Waals surface area contributed by atoms with Gasteiger partial charge in [-0.3, -0.25) is 14.5 Å². The number of nitrogens with zero attached hydrogens (tertiary/aromatic N) is 2. The standard InChI is InChI=1S/C18H26N2O4/c1-18(2,3)24-17(22)20-14(13-9-7-6-8-10-13)11-12-15(20)16(21)19(4)23-5/h6-10,14-15H,11-12H2,1-5H3/t14-,15+/m1/s1. The number of rotatable bonds is 3. The highest BCUT2D eigenvalue weighted by Crippen LogP contribution is 2.37. The number of carbonyl (C=O) groups is 2. The van der Waals surface area contributed by atoms with Crippen LogP contribution in [0.15, 0.2) is 30.3 Å². The van der Waals surface area contributed by atoms with Gasteiger partial charge in [-0.2, -0.15) is 0 Å². The second-order valence-corrected chi connectivity index (χ2v) is 6.93. The Bertz CT molecular complexity index is 582. The first-order chi connectivity index (χ1) is 11.2. The summed E-state index contributed by atoms with van der Waals surface area (Å²) in [6.45, 7) is 5.45. The lowest BCUT2D eigenvalue weighted by molar-refractivity contribution is -0.173. The van der Waals surface area contributed by atoms with Gasteiger partial charge in [-0.25, -0.2) is 9.86 Å². The molecular weight excluding hydrogens is 308 g/mol. The van der Waals surface area contributed by atoms with Gasteiger partial charge in [-0.05, 0) is 39.2 Å². The minimum absolute atomic E-state index is 0.180. The van der Waals surface area contributed by atoms with E-state index in [4.69, 9.17) is 9.57 Å². The van der Waals surface area contributed by atoms with E-state index in [-0.39, 0.29) is 11.9 Å². The van der Waals surface area contributed by atoms with Crippen molar-refractivity contribution in [2.45, 2.75) is 51.3 Å². The van der Waals surface area contributed by atoms with E-state index in [0.29, 0.717) is 12.8 Å². The summed E-state index contributed by atoms with van der Waals surface area (Å²) < 4.78 is 5.54. The monoisotopic (exact) mass is 334 g/mol. The zero-order valence-electron chi connectivity index (χ0n) is 15.0. The average molecular weight is 334 g/mol. The normalized spacial score (nSPS) is 20.8. The molecule has 1 aliphatic rings. The predicted octanol–water partition coefficient (Wildman–Crippen LogP) is 3.15. The Morgan fingerprint density at radius 1 is 1.17 bits per heavy atom. The van der Waals surface area contributed by atoms with Crippen molar-refractivity contribution in [3.05, 3.63) is 35.9 Å². The van der Waals surface area contributed by atoms with Crippen LogP contribution in [-0.2, 0) is 14.4 Å². The molecule has 1 aromatic rings. The number of hydroxylamine groups is 2. The molecule has 2 atom stereocenters. The molecule has 1 fully saturated rings. The van der Waals surface area contributed by atoms with Gasteiger partial charge in [0.05, 0.1) is 13.2 Å². The van der Waals surface area contributed by atoms with Crippen molar-refractivity contribution in [1.29, 1.82) is 0 Å². The van der Waals surface area contributed by atoms with Crippen LogP contribution in [0.1, 0.15) is 45.2 Å². The SMILES string of the molecule is CON(C)C(=O)[C@@H]1CC[C@H](c2ccccc2)N1C(=O)OC(C)(C)C. The number of carbonyl (C=O) groups excluding carboxylic acids is 2. The molecule has 0 saturated carbocycles. The molecule has 0 bridgehead atoms. The number of ether oxygens (including phenoxy) is 1. The van der Waals surface area contributed by atoms with Gasteiger partial charge >= 0.3 is 6.09 Å². The van der Waals surface area contributed by atoms with Crippen LogP contribution in [0.25, 0.3) is 0 Å². The maximum absolute atomic E-state index is 12.8. The summed E-state index contributed by atoms with van der Waals surface area (Å²) in [5, 5.41) is 1.16. The molecule has 0 radical (unpaired) electrons. The highest BCUT2D eigenvalue weighted by Gasteiger charge is 2.44. The van der Waals surface area contributed by atoms with Gasteiger partial charge < -0.3 is 4.74 Å². The van der Waals surface area contributed by atoms with Crippen LogP contribution in [0.5, 0.6) is 0 Å². The zero-order valence-corrected chi connectivity index (χ0v) is 15.0. The summed E-state index contributed by atoms with van der Waals surface area (Å²) in [5.74, 6) is -0.248. The lowest BCUT2D eigenvalue weighted by atomic mass is 10.1. The molecule has 1 aliphatic heterocycles. The second kappa shape index (κ2) is 7.21. The molecule has 0 aliphatic carbocycles. The Hall–Kier alpha value is -2.08. The molecule has 0 aromatic heterocycles. The summed E-state index contributed by atoms with van der Waals surface area (Å²) in [4.78, 5) is 31.9. The van der Waals surface area contributed by atoms with Crippen LogP contribution in [0, 0.1) is 0 Å². The fraction of sp³-hybridized carbons (Fsp3) is 0.556. The summed E-state index contributed by atoms with van der Waals surface area (Å²) >= 11 is 0. The van der Waals surface area contributed by atoms with Crippen LogP contribution < -0.4 is 0 Å². The molecule has 1 aromatic carbocycles. The third kappa shape index (κ3) is 4.06. The van der Waals surface area contributed by atoms with Crippen molar-refractivity contribution < 1.29 is 19.2 Å². The average Bonchev–Trinajstić information content (AvgIpc) is 2.97. The van der Waals surface area contributed by atoms with Crippen molar-refractivity contribution in [2.75, 3.05) is 14.2 Å². The number of likely N-dealkylation sites (tertiary alicyclic amines) is 1. The van der Waals surface area contributed by atoms with Crippen molar-refractivity contribution >= 4 is 12.0 Å². The van der Waals surface area contributed by atoms with Gasteiger partial charge in [-0.15, -0.1) is 0 Å². The number of likely N-dealkylation sites (N-methyl/N-ethyl adjacent to an activating group) is 1. The molecule has 2 amide bonds. The molecule has 0 unspecified atom stereocenters. The third-order valence-electron chi connectivity index (χ3n) is 4.04. The number of hydrogen-bond donors (Lipinski definition) is 0. The van der Waals surface area contributed by atoms with Crippen LogP contribution in [0.2, 0.25) is 0 Å². The fourth-order valence-corrected chi connectivity index (χ4v) is 2.92. The molecule has 24 heavy (non-hydrogen) atoms. The highest BCUT2D eigenvalue weighted by molar-refractivity contribution is 5.86.